The third-order valence-corrected chi connectivity index (χ3v) is 3.43. The fraction of sp³-hybridized carbons (Fsp3) is 0.273. The standard InChI is InChI=1S/C11H10I2O3/c1-2-3-10(15)16-11-8(12)4-7(6-14)5-9(11)13/h4-6H,2-3H2,1H3. The summed E-state index contributed by atoms with van der Waals surface area (Å²) in [6.45, 7) is 1.92. The van der Waals surface area contributed by atoms with Gasteiger partial charge in [-0.25, -0.2) is 0 Å². The third kappa shape index (κ3) is 3.69. The number of halogens is 2. The summed E-state index contributed by atoms with van der Waals surface area (Å²) in [5.41, 5.74) is 0.587. The topological polar surface area (TPSA) is 43.4 Å². The first-order valence-corrected chi connectivity index (χ1v) is 6.89. The van der Waals surface area contributed by atoms with Gasteiger partial charge in [0.25, 0.3) is 0 Å². The third-order valence-electron chi connectivity index (χ3n) is 1.83. The van der Waals surface area contributed by atoms with Crippen molar-refractivity contribution in [1.29, 1.82) is 0 Å². The minimum absolute atomic E-state index is 0.239. The van der Waals surface area contributed by atoms with Crippen molar-refractivity contribution in [2.75, 3.05) is 0 Å². The normalized spacial score (nSPS) is 9.94. The summed E-state index contributed by atoms with van der Waals surface area (Å²) in [7, 11) is 0. The average molecular weight is 444 g/mol. The SMILES string of the molecule is CCCC(=O)Oc1c(I)cc(C=O)cc1I. The summed E-state index contributed by atoms with van der Waals surface area (Å²) in [5.74, 6) is 0.308. The Bertz CT molecular complexity index is 393. The van der Waals surface area contributed by atoms with E-state index in [1.165, 1.54) is 0 Å². The van der Waals surface area contributed by atoms with Crippen LogP contribution >= 0.6 is 45.2 Å². The molecule has 1 aromatic carbocycles. The summed E-state index contributed by atoms with van der Waals surface area (Å²) in [4.78, 5) is 22.0. The zero-order chi connectivity index (χ0) is 12.1. The van der Waals surface area contributed by atoms with E-state index in [-0.39, 0.29) is 5.97 Å². The van der Waals surface area contributed by atoms with Crippen LogP contribution in [0.25, 0.3) is 0 Å². The summed E-state index contributed by atoms with van der Waals surface area (Å²) in [6, 6.07) is 3.40. The Balaban J connectivity index is 2.96. The fourth-order valence-corrected chi connectivity index (χ4v) is 3.15. The second-order valence-electron chi connectivity index (χ2n) is 3.16. The van der Waals surface area contributed by atoms with E-state index in [1.807, 2.05) is 6.92 Å². The number of benzene rings is 1. The van der Waals surface area contributed by atoms with Gasteiger partial charge in [0.15, 0.2) is 5.75 Å². The Morgan fingerprint density at radius 2 is 1.94 bits per heavy atom. The number of carbonyl (C=O) groups is 2. The van der Waals surface area contributed by atoms with Crippen molar-refractivity contribution < 1.29 is 14.3 Å². The lowest BCUT2D eigenvalue weighted by molar-refractivity contribution is -0.134. The lowest BCUT2D eigenvalue weighted by atomic mass is 10.2. The van der Waals surface area contributed by atoms with Gasteiger partial charge in [0.1, 0.15) is 6.29 Å². The molecule has 0 saturated carbocycles. The van der Waals surface area contributed by atoms with Gasteiger partial charge in [0.05, 0.1) is 7.14 Å². The Hall–Kier alpha value is -0.180. The minimum Gasteiger partial charge on any atom is -0.424 e. The lowest BCUT2D eigenvalue weighted by Crippen LogP contribution is -2.09. The first-order chi connectivity index (χ1) is 7.58. The number of hydrogen-bond donors (Lipinski definition) is 0. The van der Waals surface area contributed by atoms with Gasteiger partial charge in [0, 0.05) is 12.0 Å². The van der Waals surface area contributed by atoms with Gasteiger partial charge in [0.2, 0.25) is 0 Å². The van der Waals surface area contributed by atoms with Crippen molar-refractivity contribution in [2.24, 2.45) is 0 Å². The molecule has 3 nitrogen and oxygen atoms in total. The van der Waals surface area contributed by atoms with Crippen molar-refractivity contribution in [3.05, 3.63) is 24.8 Å². The van der Waals surface area contributed by atoms with E-state index in [1.54, 1.807) is 12.1 Å². The Morgan fingerprint density at radius 1 is 1.38 bits per heavy atom. The smallest absolute Gasteiger partial charge is 0.311 e. The number of aldehydes is 1. The molecule has 0 radical (unpaired) electrons. The van der Waals surface area contributed by atoms with Crippen molar-refractivity contribution in [3.8, 4) is 5.75 Å². The van der Waals surface area contributed by atoms with E-state index in [4.69, 9.17) is 4.74 Å². The van der Waals surface area contributed by atoms with Crippen molar-refractivity contribution >= 4 is 57.4 Å². The van der Waals surface area contributed by atoms with Crippen LogP contribution in [0.5, 0.6) is 5.75 Å². The molecule has 0 saturated heterocycles. The van der Waals surface area contributed by atoms with Crippen LogP contribution in [0.15, 0.2) is 12.1 Å². The molecular formula is C11H10I2O3. The maximum absolute atomic E-state index is 11.4. The molecule has 1 aromatic rings. The summed E-state index contributed by atoms with van der Waals surface area (Å²) >= 11 is 4.11. The van der Waals surface area contributed by atoms with E-state index in [0.29, 0.717) is 17.7 Å². The van der Waals surface area contributed by atoms with Crippen LogP contribution in [0.3, 0.4) is 0 Å². The zero-order valence-electron chi connectivity index (χ0n) is 8.63. The number of ether oxygens (including phenoxy) is 1. The molecular weight excluding hydrogens is 434 g/mol. The van der Waals surface area contributed by atoms with Crippen LogP contribution in [0.4, 0.5) is 0 Å². The molecule has 16 heavy (non-hydrogen) atoms. The summed E-state index contributed by atoms with van der Waals surface area (Å²) in [6.07, 6.45) is 1.95. The second kappa shape index (κ2) is 6.53. The molecule has 0 N–H and O–H groups in total. The second-order valence-corrected chi connectivity index (χ2v) is 5.48. The first kappa shape index (κ1) is 13.9. The van der Waals surface area contributed by atoms with Gasteiger partial charge >= 0.3 is 5.97 Å². The highest BCUT2D eigenvalue weighted by molar-refractivity contribution is 14.1. The van der Waals surface area contributed by atoms with Crippen LogP contribution < -0.4 is 4.74 Å². The van der Waals surface area contributed by atoms with E-state index >= 15 is 0 Å². The largest absolute Gasteiger partial charge is 0.424 e. The summed E-state index contributed by atoms with van der Waals surface area (Å²) in [5, 5.41) is 0. The number of esters is 1. The average Bonchev–Trinajstić information content (AvgIpc) is 2.23. The predicted octanol–water partition coefficient (Wildman–Crippen LogP) is 3.41. The molecule has 0 aliphatic heterocycles. The van der Waals surface area contributed by atoms with E-state index in [2.05, 4.69) is 45.2 Å². The fourth-order valence-electron chi connectivity index (χ4n) is 1.11. The molecule has 1 rings (SSSR count). The Kier molecular flexibility index (Phi) is 5.67. The molecule has 0 aliphatic rings. The zero-order valence-corrected chi connectivity index (χ0v) is 12.9. The molecule has 0 heterocycles. The van der Waals surface area contributed by atoms with Crippen molar-refractivity contribution in [1.82, 2.24) is 0 Å². The molecule has 0 unspecified atom stereocenters. The Labute approximate surface area is 121 Å². The number of hydrogen-bond acceptors (Lipinski definition) is 3. The molecule has 0 bridgehead atoms. The molecule has 0 aliphatic carbocycles. The van der Waals surface area contributed by atoms with E-state index < -0.39 is 0 Å². The maximum Gasteiger partial charge on any atom is 0.311 e. The monoisotopic (exact) mass is 444 g/mol. The number of rotatable bonds is 4. The van der Waals surface area contributed by atoms with Gasteiger partial charge in [-0.15, -0.1) is 0 Å². The van der Waals surface area contributed by atoms with Crippen LogP contribution in [0, 0.1) is 7.14 Å². The molecule has 5 heteroatoms. The van der Waals surface area contributed by atoms with Gasteiger partial charge in [-0.1, -0.05) is 6.92 Å². The van der Waals surface area contributed by atoms with E-state index in [9.17, 15) is 9.59 Å². The number of carbonyl (C=O) groups excluding carboxylic acids is 2. The highest BCUT2D eigenvalue weighted by Crippen LogP contribution is 2.28. The van der Waals surface area contributed by atoms with Gasteiger partial charge in [-0.05, 0) is 63.7 Å². The van der Waals surface area contributed by atoms with Crippen LogP contribution in [-0.2, 0) is 4.79 Å². The molecule has 86 valence electrons. The van der Waals surface area contributed by atoms with E-state index in [0.717, 1.165) is 19.8 Å². The van der Waals surface area contributed by atoms with Gasteiger partial charge < -0.3 is 4.74 Å². The molecule has 0 fully saturated rings. The molecule has 0 aromatic heterocycles. The van der Waals surface area contributed by atoms with Crippen LogP contribution in [0.1, 0.15) is 30.1 Å². The molecule has 0 spiro atoms. The Morgan fingerprint density at radius 3 is 2.38 bits per heavy atom. The van der Waals surface area contributed by atoms with Gasteiger partial charge in [-0.2, -0.15) is 0 Å². The highest BCUT2D eigenvalue weighted by atomic mass is 127. The van der Waals surface area contributed by atoms with Crippen LogP contribution in [-0.4, -0.2) is 12.3 Å². The quantitative estimate of drug-likeness (QED) is 0.310. The minimum atomic E-state index is -0.239. The van der Waals surface area contributed by atoms with Crippen molar-refractivity contribution in [3.63, 3.8) is 0 Å². The highest BCUT2D eigenvalue weighted by Gasteiger charge is 2.12. The summed E-state index contributed by atoms with van der Waals surface area (Å²) < 4.78 is 6.79. The maximum atomic E-state index is 11.4. The predicted molar refractivity (Wildman–Crippen MR) is 77.8 cm³/mol. The van der Waals surface area contributed by atoms with Crippen LogP contribution in [0.2, 0.25) is 0 Å². The van der Waals surface area contributed by atoms with Crippen molar-refractivity contribution in [2.45, 2.75) is 19.8 Å². The van der Waals surface area contributed by atoms with Gasteiger partial charge in [-0.3, -0.25) is 9.59 Å². The molecule has 0 amide bonds. The molecule has 0 atom stereocenters. The first-order valence-electron chi connectivity index (χ1n) is 4.73. The lowest BCUT2D eigenvalue weighted by Gasteiger charge is -2.08.